The molecule has 1 atom stereocenters. The van der Waals surface area contributed by atoms with Crippen LogP contribution in [-0.4, -0.2) is 51.4 Å². The number of nitrogens with zero attached hydrogens (tertiary/aromatic N) is 3. The second-order valence-electron chi connectivity index (χ2n) is 7.63. The molecule has 5 heteroatoms. The van der Waals surface area contributed by atoms with Crippen molar-refractivity contribution in [3.8, 4) is 0 Å². The predicted octanol–water partition coefficient (Wildman–Crippen LogP) is 2.94. The van der Waals surface area contributed by atoms with Gasteiger partial charge in [0.05, 0.1) is 23.0 Å². The molecule has 138 valence electrons. The Hall–Kier alpha value is -2.66. The first-order valence-electron chi connectivity index (χ1n) is 9.77. The molecule has 1 amide bonds. The molecule has 1 N–H and O–H groups in total. The zero-order valence-corrected chi connectivity index (χ0v) is 15.6. The van der Waals surface area contributed by atoms with Gasteiger partial charge in [0.25, 0.3) is 0 Å². The topological polar surface area (TPSA) is 52.2 Å². The first kappa shape index (κ1) is 16.5. The van der Waals surface area contributed by atoms with Gasteiger partial charge in [0.2, 0.25) is 5.91 Å². The predicted molar refractivity (Wildman–Crippen MR) is 105 cm³/mol. The summed E-state index contributed by atoms with van der Waals surface area (Å²) in [4.78, 5) is 25.6. The summed E-state index contributed by atoms with van der Waals surface area (Å²) >= 11 is 0. The number of imidazole rings is 1. The van der Waals surface area contributed by atoms with Crippen molar-refractivity contribution in [2.45, 2.75) is 31.8 Å². The quantitative estimate of drug-likeness (QED) is 0.781. The Kier molecular flexibility index (Phi) is 3.97. The van der Waals surface area contributed by atoms with Crippen molar-refractivity contribution in [2.24, 2.45) is 0 Å². The smallest absolute Gasteiger partial charge is 0.240 e. The van der Waals surface area contributed by atoms with E-state index in [-0.39, 0.29) is 11.9 Å². The number of benzene rings is 2. The van der Waals surface area contributed by atoms with E-state index < -0.39 is 0 Å². The number of aromatic amines is 1. The summed E-state index contributed by atoms with van der Waals surface area (Å²) < 4.78 is 0. The van der Waals surface area contributed by atoms with Crippen molar-refractivity contribution in [1.82, 2.24) is 19.8 Å². The van der Waals surface area contributed by atoms with E-state index in [1.807, 2.05) is 29.2 Å². The van der Waals surface area contributed by atoms with E-state index in [0.29, 0.717) is 5.92 Å². The molecule has 0 radical (unpaired) electrons. The number of hydrogen-bond donors (Lipinski definition) is 1. The van der Waals surface area contributed by atoms with Gasteiger partial charge in [-0.05, 0) is 36.2 Å². The summed E-state index contributed by atoms with van der Waals surface area (Å²) in [5, 5.41) is 0. The fourth-order valence-electron chi connectivity index (χ4n) is 4.36. The average molecular weight is 360 g/mol. The maximum Gasteiger partial charge on any atom is 0.240 e. The number of H-pyrrole nitrogens is 1. The number of aromatic nitrogens is 2. The minimum Gasteiger partial charge on any atom is -0.342 e. The Morgan fingerprint density at radius 3 is 2.63 bits per heavy atom. The van der Waals surface area contributed by atoms with Crippen LogP contribution in [0.3, 0.4) is 0 Å². The largest absolute Gasteiger partial charge is 0.342 e. The van der Waals surface area contributed by atoms with Crippen LogP contribution in [0.25, 0.3) is 11.0 Å². The molecule has 27 heavy (non-hydrogen) atoms. The molecule has 1 saturated heterocycles. The lowest BCUT2D eigenvalue weighted by atomic mass is 9.91. The number of fused-ring (bicyclic) bond motifs is 2. The number of para-hydroxylation sites is 2. The van der Waals surface area contributed by atoms with Crippen LogP contribution in [0.2, 0.25) is 0 Å². The Bertz CT molecular complexity index is 956. The molecule has 0 bridgehead atoms. The average Bonchev–Trinajstić information content (AvgIpc) is 3.09. The van der Waals surface area contributed by atoms with E-state index in [0.717, 1.165) is 49.5 Å². The summed E-state index contributed by atoms with van der Waals surface area (Å²) in [5.74, 6) is 1.58. The fraction of sp³-hybridized carbons (Fsp3) is 0.364. The van der Waals surface area contributed by atoms with Gasteiger partial charge in [0.15, 0.2) is 0 Å². The summed E-state index contributed by atoms with van der Waals surface area (Å²) in [6, 6.07) is 16.6. The Morgan fingerprint density at radius 1 is 1.11 bits per heavy atom. The van der Waals surface area contributed by atoms with E-state index in [1.54, 1.807) is 0 Å². The van der Waals surface area contributed by atoms with E-state index in [9.17, 15) is 4.79 Å². The van der Waals surface area contributed by atoms with Crippen molar-refractivity contribution >= 4 is 16.9 Å². The lowest BCUT2D eigenvalue weighted by molar-refractivity contribution is -0.142. The van der Waals surface area contributed by atoms with Gasteiger partial charge in [-0.2, -0.15) is 0 Å². The number of nitrogens with one attached hydrogen (secondary N) is 1. The summed E-state index contributed by atoms with van der Waals surface area (Å²) in [6.45, 7) is 5.42. The molecule has 2 aliphatic rings. The van der Waals surface area contributed by atoms with Crippen LogP contribution in [0.5, 0.6) is 0 Å². The summed E-state index contributed by atoms with van der Waals surface area (Å²) in [6.07, 6.45) is 0.814. The van der Waals surface area contributed by atoms with Crippen LogP contribution in [0, 0.1) is 0 Å². The second-order valence-corrected chi connectivity index (χ2v) is 7.63. The highest BCUT2D eigenvalue weighted by molar-refractivity contribution is 5.83. The van der Waals surface area contributed by atoms with Gasteiger partial charge in [-0.1, -0.05) is 43.3 Å². The van der Waals surface area contributed by atoms with Crippen molar-refractivity contribution < 1.29 is 4.79 Å². The van der Waals surface area contributed by atoms with Crippen LogP contribution in [0.4, 0.5) is 0 Å². The molecular formula is C22H24N4O. The van der Waals surface area contributed by atoms with Gasteiger partial charge in [0, 0.05) is 19.6 Å². The summed E-state index contributed by atoms with van der Waals surface area (Å²) in [7, 11) is 0. The van der Waals surface area contributed by atoms with Crippen molar-refractivity contribution in [1.29, 1.82) is 0 Å². The van der Waals surface area contributed by atoms with Crippen LogP contribution < -0.4 is 0 Å². The Labute approximate surface area is 159 Å². The molecule has 5 nitrogen and oxygen atoms in total. The van der Waals surface area contributed by atoms with Gasteiger partial charge >= 0.3 is 0 Å². The van der Waals surface area contributed by atoms with Gasteiger partial charge in [-0.15, -0.1) is 0 Å². The van der Waals surface area contributed by atoms with Crippen LogP contribution in [-0.2, 0) is 17.8 Å². The second kappa shape index (κ2) is 6.50. The van der Waals surface area contributed by atoms with E-state index in [4.69, 9.17) is 4.98 Å². The molecule has 1 aromatic heterocycles. The molecule has 0 spiro atoms. The van der Waals surface area contributed by atoms with E-state index in [2.05, 4.69) is 41.1 Å². The number of rotatable bonds is 3. The maximum atomic E-state index is 13.2. The van der Waals surface area contributed by atoms with Gasteiger partial charge in [0.1, 0.15) is 5.82 Å². The van der Waals surface area contributed by atoms with Crippen LogP contribution >= 0.6 is 0 Å². The first-order valence-corrected chi connectivity index (χ1v) is 9.77. The molecule has 1 fully saturated rings. The molecule has 0 saturated carbocycles. The monoisotopic (exact) mass is 360 g/mol. The third-order valence-electron chi connectivity index (χ3n) is 6.02. The fourth-order valence-corrected chi connectivity index (χ4v) is 4.36. The molecule has 0 unspecified atom stereocenters. The van der Waals surface area contributed by atoms with Gasteiger partial charge in [-0.25, -0.2) is 4.98 Å². The maximum absolute atomic E-state index is 13.2. The van der Waals surface area contributed by atoms with Crippen LogP contribution in [0.15, 0.2) is 48.5 Å². The van der Waals surface area contributed by atoms with Crippen LogP contribution in [0.1, 0.15) is 29.8 Å². The number of likely N-dealkylation sites (tertiary alicyclic amines) is 1. The zero-order valence-electron chi connectivity index (χ0n) is 15.6. The summed E-state index contributed by atoms with van der Waals surface area (Å²) in [5.41, 5.74) is 4.73. The van der Waals surface area contributed by atoms with E-state index >= 15 is 0 Å². The Morgan fingerprint density at radius 2 is 1.85 bits per heavy atom. The highest BCUT2D eigenvalue weighted by Gasteiger charge is 2.39. The number of likely N-dealkylation sites (N-methyl/N-ethyl adjacent to an activating group) is 1. The number of hydrogen-bond acceptors (Lipinski definition) is 3. The number of amides is 1. The zero-order chi connectivity index (χ0) is 18.4. The minimum atomic E-state index is -0.0403. The third kappa shape index (κ3) is 2.82. The minimum absolute atomic E-state index is 0.0403. The molecule has 2 aliphatic heterocycles. The number of carbonyl (C=O) groups excluding carboxylic acids is 1. The van der Waals surface area contributed by atoms with Crippen molar-refractivity contribution in [3.05, 3.63) is 65.5 Å². The molecule has 3 heterocycles. The lowest BCUT2D eigenvalue weighted by Crippen LogP contribution is -2.57. The van der Waals surface area contributed by atoms with Crippen molar-refractivity contribution in [3.63, 3.8) is 0 Å². The Balaban J connectivity index is 1.29. The first-order chi connectivity index (χ1) is 13.2. The SMILES string of the molecule is CCN1Cc2ccccc2C[C@H]1C(=O)N1CC(c2nc3ccccc3[nH]2)C1. The molecule has 5 rings (SSSR count). The highest BCUT2D eigenvalue weighted by Crippen LogP contribution is 2.30. The standard InChI is InChI=1S/C22H24N4O/c1-2-25-12-16-8-4-3-7-15(16)11-20(25)22(27)26-13-17(14-26)21-23-18-9-5-6-10-19(18)24-21/h3-10,17,20H,2,11-14H2,1H3,(H,23,24)/t20-/m0/s1. The highest BCUT2D eigenvalue weighted by atomic mass is 16.2. The van der Waals surface area contributed by atoms with Crippen molar-refractivity contribution in [2.75, 3.05) is 19.6 Å². The third-order valence-corrected chi connectivity index (χ3v) is 6.02. The normalized spacial score (nSPS) is 20.5. The van der Waals surface area contributed by atoms with E-state index in [1.165, 1.54) is 11.1 Å². The molecule has 3 aromatic rings. The molecular weight excluding hydrogens is 336 g/mol. The van der Waals surface area contributed by atoms with Gasteiger partial charge < -0.3 is 9.88 Å². The number of carbonyl (C=O) groups is 1. The molecule has 0 aliphatic carbocycles. The molecule has 2 aromatic carbocycles. The lowest BCUT2D eigenvalue weighted by Gasteiger charge is -2.44. The van der Waals surface area contributed by atoms with Gasteiger partial charge in [-0.3, -0.25) is 9.69 Å².